The zero-order valence-corrected chi connectivity index (χ0v) is 7.56. The van der Waals surface area contributed by atoms with E-state index in [9.17, 15) is 0 Å². The lowest BCUT2D eigenvalue weighted by atomic mass is 10.0. The van der Waals surface area contributed by atoms with Gasteiger partial charge in [-0.1, -0.05) is 0 Å². The van der Waals surface area contributed by atoms with E-state index >= 15 is 0 Å². The highest BCUT2D eigenvalue weighted by atomic mass is 15.3. The van der Waals surface area contributed by atoms with Crippen molar-refractivity contribution < 1.29 is 0 Å². The Bertz CT molecular complexity index is 319. The van der Waals surface area contributed by atoms with Crippen LogP contribution in [0.2, 0.25) is 0 Å². The van der Waals surface area contributed by atoms with E-state index in [1.165, 1.54) is 19.5 Å². The average molecular weight is 178 g/mol. The van der Waals surface area contributed by atoms with E-state index in [0.29, 0.717) is 6.04 Å². The van der Waals surface area contributed by atoms with Gasteiger partial charge in [0, 0.05) is 19.3 Å². The maximum Gasteiger partial charge on any atom is 0.0719 e. The topological polar surface area (TPSA) is 47.1 Å². The zero-order chi connectivity index (χ0) is 8.84. The number of nitrogens with two attached hydrogens (primary N) is 1. The van der Waals surface area contributed by atoms with Gasteiger partial charge in [-0.3, -0.25) is 4.68 Å². The summed E-state index contributed by atoms with van der Waals surface area (Å²) in [5.41, 5.74) is 6.42. The molecule has 2 aliphatic rings. The first-order chi connectivity index (χ1) is 6.33. The van der Waals surface area contributed by atoms with Gasteiger partial charge in [0.15, 0.2) is 0 Å². The summed E-state index contributed by atoms with van der Waals surface area (Å²) in [6.07, 6.45) is 5.01. The molecule has 0 radical (unpaired) electrons. The van der Waals surface area contributed by atoms with Gasteiger partial charge in [0.05, 0.1) is 17.9 Å². The van der Waals surface area contributed by atoms with E-state index in [1.807, 2.05) is 10.9 Å². The molecule has 13 heavy (non-hydrogen) atoms. The summed E-state index contributed by atoms with van der Waals surface area (Å²) in [6.45, 7) is 3.69. The molecular weight excluding hydrogens is 164 g/mol. The summed E-state index contributed by atoms with van der Waals surface area (Å²) >= 11 is 0. The molecule has 2 fully saturated rings. The quantitative estimate of drug-likeness (QED) is 0.674. The number of nitrogens with zero attached hydrogens (tertiary/aromatic N) is 3. The molecule has 0 amide bonds. The van der Waals surface area contributed by atoms with Crippen LogP contribution < -0.4 is 5.73 Å². The second-order valence-electron chi connectivity index (χ2n) is 4.13. The number of fused-ring (bicyclic) bond motifs is 2. The largest absolute Gasteiger partial charge is 0.396 e. The number of nitrogen functional groups attached to an aromatic ring is 1. The molecule has 3 rings (SSSR count). The van der Waals surface area contributed by atoms with E-state index in [1.54, 1.807) is 6.20 Å². The fraction of sp³-hybridized carbons (Fsp3) is 0.667. The van der Waals surface area contributed by atoms with Gasteiger partial charge in [0.1, 0.15) is 0 Å². The molecule has 2 saturated heterocycles. The van der Waals surface area contributed by atoms with E-state index in [0.717, 1.165) is 18.2 Å². The zero-order valence-electron chi connectivity index (χ0n) is 7.56. The molecule has 0 saturated carbocycles. The van der Waals surface area contributed by atoms with Gasteiger partial charge in [0.2, 0.25) is 0 Å². The number of piperidine rings is 1. The van der Waals surface area contributed by atoms with Gasteiger partial charge >= 0.3 is 0 Å². The Hall–Kier alpha value is -1.03. The monoisotopic (exact) mass is 178 g/mol. The fourth-order valence-corrected chi connectivity index (χ4v) is 2.59. The highest BCUT2D eigenvalue weighted by Crippen LogP contribution is 2.35. The standard InChI is InChI=1S/C9H14N4/c10-8-3-11-13(5-8)9-6-12-2-1-7(9)4-12/h3,5,7,9H,1-2,4,6,10H2/t7-,9?/m0/s1. The minimum atomic E-state index is 0.575. The highest BCUT2D eigenvalue weighted by molar-refractivity contribution is 5.30. The van der Waals surface area contributed by atoms with Crippen molar-refractivity contribution in [2.24, 2.45) is 5.92 Å². The van der Waals surface area contributed by atoms with Crippen molar-refractivity contribution >= 4 is 5.69 Å². The van der Waals surface area contributed by atoms with Crippen molar-refractivity contribution in [2.45, 2.75) is 12.5 Å². The van der Waals surface area contributed by atoms with E-state index < -0.39 is 0 Å². The molecular formula is C9H14N4. The van der Waals surface area contributed by atoms with Gasteiger partial charge in [-0.15, -0.1) is 0 Å². The summed E-state index contributed by atoms with van der Waals surface area (Å²) in [6, 6.07) is 0.575. The Labute approximate surface area is 77.3 Å². The van der Waals surface area contributed by atoms with Crippen LogP contribution in [0.4, 0.5) is 5.69 Å². The van der Waals surface area contributed by atoms with Crippen molar-refractivity contribution in [1.29, 1.82) is 0 Å². The first-order valence-corrected chi connectivity index (χ1v) is 4.85. The molecule has 0 aliphatic carbocycles. The summed E-state index contributed by atoms with van der Waals surface area (Å²) in [4.78, 5) is 2.51. The van der Waals surface area contributed by atoms with Crippen LogP contribution in [0, 0.1) is 5.92 Å². The average Bonchev–Trinajstić information content (AvgIpc) is 2.77. The van der Waals surface area contributed by atoms with E-state index in [2.05, 4.69) is 10.00 Å². The van der Waals surface area contributed by atoms with E-state index in [4.69, 9.17) is 5.73 Å². The number of rotatable bonds is 1. The third-order valence-corrected chi connectivity index (χ3v) is 3.26. The van der Waals surface area contributed by atoms with Crippen molar-refractivity contribution in [3.05, 3.63) is 12.4 Å². The molecule has 70 valence electrons. The van der Waals surface area contributed by atoms with Crippen molar-refractivity contribution in [1.82, 2.24) is 14.7 Å². The van der Waals surface area contributed by atoms with Crippen LogP contribution in [0.3, 0.4) is 0 Å². The van der Waals surface area contributed by atoms with Crippen molar-refractivity contribution in [3.63, 3.8) is 0 Å². The van der Waals surface area contributed by atoms with Gasteiger partial charge in [-0.25, -0.2) is 0 Å². The normalized spacial score (nSPS) is 37.1. The number of hydrogen-bond donors (Lipinski definition) is 1. The number of aromatic nitrogens is 2. The Balaban J connectivity index is 1.87. The van der Waals surface area contributed by atoms with Crippen LogP contribution in [0.25, 0.3) is 0 Å². The highest BCUT2D eigenvalue weighted by Gasteiger charge is 2.39. The predicted molar refractivity (Wildman–Crippen MR) is 50.2 cm³/mol. The summed E-state index contributed by atoms with van der Waals surface area (Å²) < 4.78 is 2.04. The lowest BCUT2D eigenvalue weighted by Gasteiger charge is -2.22. The third kappa shape index (κ3) is 1.05. The summed E-state index contributed by atoms with van der Waals surface area (Å²) in [5.74, 6) is 0.805. The number of anilines is 1. The van der Waals surface area contributed by atoms with Crippen LogP contribution in [0.15, 0.2) is 12.4 Å². The van der Waals surface area contributed by atoms with Crippen LogP contribution in [0.5, 0.6) is 0 Å². The second kappa shape index (κ2) is 2.48. The Morgan fingerprint density at radius 1 is 1.46 bits per heavy atom. The molecule has 1 aromatic heterocycles. The molecule has 2 unspecified atom stereocenters. The van der Waals surface area contributed by atoms with Gasteiger partial charge in [-0.2, -0.15) is 5.10 Å². The molecule has 2 bridgehead atoms. The minimum absolute atomic E-state index is 0.575. The second-order valence-corrected chi connectivity index (χ2v) is 4.13. The van der Waals surface area contributed by atoms with Crippen LogP contribution in [-0.4, -0.2) is 34.3 Å². The Morgan fingerprint density at radius 3 is 2.92 bits per heavy atom. The molecule has 4 heteroatoms. The lowest BCUT2D eigenvalue weighted by molar-refractivity contribution is 0.285. The molecule has 2 aliphatic heterocycles. The van der Waals surface area contributed by atoms with Gasteiger partial charge < -0.3 is 10.6 Å². The summed E-state index contributed by atoms with van der Waals surface area (Å²) in [7, 11) is 0. The van der Waals surface area contributed by atoms with Gasteiger partial charge in [-0.05, 0) is 18.9 Å². The van der Waals surface area contributed by atoms with Crippen LogP contribution in [-0.2, 0) is 0 Å². The third-order valence-electron chi connectivity index (χ3n) is 3.26. The minimum Gasteiger partial charge on any atom is -0.396 e. The molecule has 0 aromatic carbocycles. The van der Waals surface area contributed by atoms with Crippen LogP contribution >= 0.6 is 0 Å². The Kier molecular flexibility index (Phi) is 1.41. The predicted octanol–water partition coefficient (Wildman–Crippen LogP) is 0.342. The molecule has 1 aromatic rings. The summed E-state index contributed by atoms with van der Waals surface area (Å²) in [5, 5.41) is 4.28. The Morgan fingerprint density at radius 2 is 2.38 bits per heavy atom. The van der Waals surface area contributed by atoms with Crippen molar-refractivity contribution in [2.75, 3.05) is 25.4 Å². The lowest BCUT2D eigenvalue weighted by Crippen LogP contribution is -2.26. The first-order valence-electron chi connectivity index (χ1n) is 4.85. The number of hydrogen-bond acceptors (Lipinski definition) is 3. The maximum absolute atomic E-state index is 5.65. The fourth-order valence-electron chi connectivity index (χ4n) is 2.59. The molecule has 2 N–H and O–H groups in total. The van der Waals surface area contributed by atoms with E-state index in [-0.39, 0.29) is 0 Å². The first kappa shape index (κ1) is 7.38. The van der Waals surface area contributed by atoms with Gasteiger partial charge in [0.25, 0.3) is 0 Å². The molecule has 0 spiro atoms. The van der Waals surface area contributed by atoms with Crippen LogP contribution in [0.1, 0.15) is 12.5 Å². The molecule has 4 nitrogen and oxygen atoms in total. The SMILES string of the molecule is Nc1cnn(C2CN3CC[C@H]2C3)c1. The van der Waals surface area contributed by atoms with Crippen molar-refractivity contribution in [3.8, 4) is 0 Å². The molecule has 3 atom stereocenters. The smallest absolute Gasteiger partial charge is 0.0719 e. The maximum atomic E-state index is 5.65. The molecule has 3 heterocycles.